The Morgan fingerprint density at radius 1 is 0.719 bits per heavy atom. The number of hydrogen-bond acceptors (Lipinski definition) is 16. The minimum absolute atomic E-state index is 0.0210. The van der Waals surface area contributed by atoms with E-state index in [1.54, 1.807) is 25.1 Å². The van der Waals surface area contributed by atoms with Gasteiger partial charge in [0, 0.05) is 43.0 Å². The van der Waals surface area contributed by atoms with Gasteiger partial charge in [-0.3, -0.25) is 10.1 Å². The quantitative estimate of drug-likeness (QED) is 0.0337. The molecule has 64 heavy (non-hydrogen) atoms. The van der Waals surface area contributed by atoms with Gasteiger partial charge in [0.05, 0.1) is 85.0 Å². The van der Waals surface area contributed by atoms with E-state index >= 15 is 0 Å². The van der Waals surface area contributed by atoms with E-state index in [4.69, 9.17) is 37.9 Å². The number of carbonyl (C=O) groups is 2. The zero-order chi connectivity index (χ0) is 47.0. The predicted octanol–water partition coefficient (Wildman–Crippen LogP) is 4.88. The maximum Gasteiger partial charge on any atom is 0.338 e. The largest absolute Gasteiger partial charge is 0.496 e. The number of nitro benzene ring substituents is 1. The summed E-state index contributed by atoms with van der Waals surface area (Å²) in [5, 5.41) is 12.0. The first-order valence-electron chi connectivity index (χ1n) is 19.0. The Morgan fingerprint density at radius 3 is 1.75 bits per heavy atom. The number of methoxy groups -OCH3 is 6. The molecule has 0 aromatic heterocycles. The van der Waals surface area contributed by atoms with Crippen LogP contribution in [0.3, 0.4) is 0 Å². The molecule has 4 aromatic rings. The van der Waals surface area contributed by atoms with E-state index in [1.807, 2.05) is 0 Å². The zero-order valence-electron chi connectivity index (χ0n) is 36.0. The highest BCUT2D eigenvalue weighted by Gasteiger charge is 2.35. The van der Waals surface area contributed by atoms with Crippen molar-refractivity contribution in [1.29, 1.82) is 0 Å². The monoisotopic (exact) mass is 925 g/mol. The van der Waals surface area contributed by atoms with E-state index in [9.17, 15) is 36.5 Å². The highest BCUT2D eigenvalue weighted by Crippen LogP contribution is 2.40. The Hall–Kier alpha value is -6.86. The molecular formula is C43H47N3O16S2. The molecule has 0 aliphatic rings. The second-order valence-corrected chi connectivity index (χ2v) is 16.7. The molecule has 0 N–H and O–H groups in total. The topological polar surface area (TPSA) is 226 Å². The van der Waals surface area contributed by atoms with Gasteiger partial charge < -0.3 is 37.9 Å². The number of ether oxygens (including phenoxy) is 8. The molecule has 21 heteroatoms. The molecule has 0 fully saturated rings. The summed E-state index contributed by atoms with van der Waals surface area (Å²) in [5.74, 6) is 4.15. The van der Waals surface area contributed by atoms with E-state index in [2.05, 4.69) is 11.8 Å². The molecule has 342 valence electrons. The fraction of sp³-hybridized carbons (Fsp3) is 0.302. The van der Waals surface area contributed by atoms with Gasteiger partial charge in [-0.1, -0.05) is 42.2 Å². The number of hydrogen-bond donors (Lipinski definition) is 0. The molecule has 0 saturated carbocycles. The van der Waals surface area contributed by atoms with Crippen LogP contribution in [0.4, 0.5) is 5.69 Å². The van der Waals surface area contributed by atoms with Crippen molar-refractivity contribution < 1.29 is 69.2 Å². The first-order valence-corrected chi connectivity index (χ1v) is 21.9. The molecule has 19 nitrogen and oxygen atoms in total. The third-order valence-electron chi connectivity index (χ3n) is 9.12. The Morgan fingerprint density at radius 2 is 1.23 bits per heavy atom. The van der Waals surface area contributed by atoms with Crippen molar-refractivity contribution in [2.24, 2.45) is 0 Å². The molecule has 0 radical (unpaired) electrons. The number of nitro groups is 1. The van der Waals surface area contributed by atoms with Crippen LogP contribution >= 0.6 is 0 Å². The molecule has 0 bridgehead atoms. The van der Waals surface area contributed by atoms with Crippen molar-refractivity contribution in [1.82, 2.24) is 8.61 Å². The summed E-state index contributed by atoms with van der Waals surface area (Å²) >= 11 is 0. The molecule has 0 saturated heterocycles. The molecule has 4 aromatic carbocycles. The van der Waals surface area contributed by atoms with Crippen LogP contribution in [0.1, 0.15) is 22.8 Å². The first kappa shape index (κ1) is 49.8. The Balaban J connectivity index is 1.88. The summed E-state index contributed by atoms with van der Waals surface area (Å²) in [4.78, 5) is 35.9. The number of benzene rings is 4. The average Bonchev–Trinajstić information content (AvgIpc) is 3.30. The highest BCUT2D eigenvalue weighted by atomic mass is 32.2. The zero-order valence-corrected chi connectivity index (χ0v) is 37.6. The highest BCUT2D eigenvalue weighted by molar-refractivity contribution is 7.89. The molecule has 0 spiro atoms. The van der Waals surface area contributed by atoms with E-state index in [1.165, 1.54) is 91.2 Å². The van der Waals surface area contributed by atoms with Crippen LogP contribution in [-0.4, -0.2) is 117 Å². The minimum atomic E-state index is -4.78. The number of para-hydroxylation sites is 1. The van der Waals surface area contributed by atoms with Crippen LogP contribution in [0, 0.1) is 22.0 Å². The molecule has 1 unspecified atom stereocenters. The van der Waals surface area contributed by atoms with Crippen LogP contribution in [0.5, 0.6) is 34.5 Å². The van der Waals surface area contributed by atoms with Gasteiger partial charge in [0.2, 0.25) is 0 Å². The van der Waals surface area contributed by atoms with Crippen LogP contribution in [0.25, 0.3) is 0 Å². The lowest BCUT2D eigenvalue weighted by Gasteiger charge is -2.26. The third-order valence-corrected chi connectivity index (χ3v) is 12.8. The Bertz CT molecular complexity index is 2560. The smallest absolute Gasteiger partial charge is 0.338 e. The average molecular weight is 926 g/mol. The molecule has 0 heterocycles. The van der Waals surface area contributed by atoms with Crippen molar-refractivity contribution in [3.05, 3.63) is 112 Å². The van der Waals surface area contributed by atoms with Gasteiger partial charge in [-0.2, -0.15) is 8.61 Å². The summed E-state index contributed by atoms with van der Waals surface area (Å²) in [6.45, 7) is -0.918. The number of esters is 2. The number of nitrogens with zero attached hydrogens (tertiary/aromatic N) is 3. The summed E-state index contributed by atoms with van der Waals surface area (Å²) in [5.41, 5.74) is -0.385. The second kappa shape index (κ2) is 23.0. The van der Waals surface area contributed by atoms with Gasteiger partial charge in [-0.15, -0.1) is 0 Å². The van der Waals surface area contributed by atoms with Crippen molar-refractivity contribution in [3.63, 3.8) is 0 Å². The summed E-state index contributed by atoms with van der Waals surface area (Å²) in [6, 6.07) is 18.1. The van der Waals surface area contributed by atoms with Crippen LogP contribution in [0.15, 0.2) is 101 Å². The standard InChI is InChI=1S/C43H47N3O16S2/c1-8-61-41(47)21-20-31(62-43(48)30-16-10-9-11-17-30)28-44(64(53,54)42-38(59-6)26-33(56-3)27-39(42)60-7)22-14-15-23-45(63(51,52)40-19-13-12-18-35(40)46(49)50)29-34-36(57-4)24-32(55-2)25-37(34)58-5/h9-13,16-21,24-27,31H,8,22-23,28-29H2,1-7H3/b21-20+. The first-order chi connectivity index (χ1) is 30.6. The Labute approximate surface area is 371 Å². The minimum Gasteiger partial charge on any atom is -0.496 e. The van der Waals surface area contributed by atoms with Gasteiger partial charge in [-0.05, 0) is 31.2 Å². The molecule has 0 aliphatic carbocycles. The fourth-order valence-electron chi connectivity index (χ4n) is 5.99. The van der Waals surface area contributed by atoms with E-state index in [0.717, 1.165) is 32.9 Å². The maximum atomic E-state index is 14.8. The normalized spacial score (nSPS) is 11.9. The van der Waals surface area contributed by atoms with Gasteiger partial charge in [0.15, 0.2) is 9.79 Å². The number of rotatable bonds is 22. The molecular weight excluding hydrogens is 879 g/mol. The Kier molecular flexibility index (Phi) is 17.9. The van der Waals surface area contributed by atoms with Crippen molar-refractivity contribution >= 4 is 37.7 Å². The maximum absolute atomic E-state index is 14.8. The number of sulfonamides is 2. The lowest BCUT2D eigenvalue weighted by atomic mass is 10.1. The van der Waals surface area contributed by atoms with Crippen LogP contribution in [-0.2, 0) is 40.9 Å². The lowest BCUT2D eigenvalue weighted by Crippen LogP contribution is -2.39. The van der Waals surface area contributed by atoms with Crippen LogP contribution < -0.4 is 28.4 Å². The summed E-state index contributed by atoms with van der Waals surface area (Å²) in [7, 11) is -1.65. The van der Waals surface area contributed by atoms with Gasteiger partial charge in [-0.25, -0.2) is 26.4 Å². The summed E-state index contributed by atoms with van der Waals surface area (Å²) < 4.78 is 103. The predicted molar refractivity (Wildman–Crippen MR) is 231 cm³/mol. The van der Waals surface area contributed by atoms with E-state index in [-0.39, 0.29) is 46.5 Å². The third kappa shape index (κ3) is 12.2. The molecule has 0 amide bonds. The molecule has 0 aliphatic heterocycles. The number of carbonyl (C=O) groups excluding carboxylic acids is 2. The van der Waals surface area contributed by atoms with Crippen molar-refractivity contribution in [2.45, 2.75) is 29.4 Å². The van der Waals surface area contributed by atoms with Gasteiger partial charge in [0.1, 0.15) is 40.6 Å². The lowest BCUT2D eigenvalue weighted by molar-refractivity contribution is -0.387. The SMILES string of the molecule is CCOC(=O)/C=C/C(CN(CC#CCN(Cc1c(OC)cc(OC)cc1OC)S(=O)(=O)c1ccccc1[N+](=O)[O-])S(=O)(=O)c1c(OC)cc(OC)cc1OC)OC(=O)c1ccccc1. The van der Waals surface area contributed by atoms with E-state index in [0.29, 0.717) is 5.75 Å². The second-order valence-electron chi connectivity index (χ2n) is 12.9. The van der Waals surface area contributed by atoms with Gasteiger partial charge >= 0.3 is 11.9 Å². The van der Waals surface area contributed by atoms with Gasteiger partial charge in [0.25, 0.3) is 25.7 Å². The summed E-state index contributed by atoms with van der Waals surface area (Å²) in [6.07, 6.45) is 0.674. The van der Waals surface area contributed by atoms with Crippen molar-refractivity contribution in [3.8, 4) is 46.3 Å². The molecule has 1 atom stereocenters. The van der Waals surface area contributed by atoms with Crippen molar-refractivity contribution in [2.75, 3.05) is 68.9 Å². The van der Waals surface area contributed by atoms with Crippen LogP contribution in [0.2, 0.25) is 0 Å². The fourth-order valence-corrected chi connectivity index (χ4v) is 9.09. The van der Waals surface area contributed by atoms with E-state index < -0.39 is 84.7 Å². The molecule has 4 rings (SSSR count).